The van der Waals surface area contributed by atoms with Crippen LogP contribution < -0.4 is 4.90 Å². The molecule has 2 aromatic rings. The number of alkyl halides is 4. The van der Waals surface area contributed by atoms with Crippen LogP contribution in [0.4, 0.5) is 23.2 Å². The molecular formula is C22H20ClF4NO2. The summed E-state index contributed by atoms with van der Waals surface area (Å²) in [4.78, 5) is 14.5. The number of fused-ring (bicyclic) bond motifs is 2. The number of amides is 1. The summed E-state index contributed by atoms with van der Waals surface area (Å²) in [5.74, 6) is -0.244. The molecule has 0 spiro atoms. The number of rotatable bonds is 2. The van der Waals surface area contributed by atoms with Crippen LogP contribution in [0.3, 0.4) is 0 Å². The lowest BCUT2D eigenvalue weighted by Crippen LogP contribution is -2.62. The predicted octanol–water partition coefficient (Wildman–Crippen LogP) is 5.20. The van der Waals surface area contributed by atoms with E-state index in [1.807, 2.05) is 0 Å². The molecule has 2 aromatic carbocycles. The first-order chi connectivity index (χ1) is 14.0. The highest BCUT2D eigenvalue weighted by atomic mass is 35.5. The van der Waals surface area contributed by atoms with Gasteiger partial charge in [-0.1, -0.05) is 23.7 Å². The van der Waals surface area contributed by atoms with Crippen molar-refractivity contribution in [2.45, 2.75) is 50.1 Å². The number of halogens is 5. The van der Waals surface area contributed by atoms with Crippen LogP contribution in [-0.2, 0) is 28.9 Å². The Morgan fingerprint density at radius 1 is 1.20 bits per heavy atom. The molecule has 1 aliphatic heterocycles. The number of hydrogen-bond donors (Lipinski definition) is 1. The maximum absolute atomic E-state index is 15.0. The average molecular weight is 442 g/mol. The van der Waals surface area contributed by atoms with Gasteiger partial charge in [0.15, 0.2) is 5.67 Å². The molecule has 8 heteroatoms. The minimum Gasteiger partial charge on any atom is -0.374 e. The van der Waals surface area contributed by atoms with Crippen molar-refractivity contribution in [1.29, 1.82) is 0 Å². The Bertz CT molecular complexity index is 1020. The van der Waals surface area contributed by atoms with E-state index in [4.69, 9.17) is 11.6 Å². The third kappa shape index (κ3) is 3.02. The topological polar surface area (TPSA) is 40.5 Å². The second-order valence-electron chi connectivity index (χ2n) is 8.05. The van der Waals surface area contributed by atoms with E-state index in [0.29, 0.717) is 47.6 Å². The zero-order valence-corrected chi connectivity index (χ0v) is 16.9. The van der Waals surface area contributed by atoms with Crippen LogP contribution in [0.25, 0.3) is 0 Å². The van der Waals surface area contributed by atoms with E-state index in [0.717, 1.165) is 6.92 Å². The van der Waals surface area contributed by atoms with Crippen molar-refractivity contribution in [3.05, 3.63) is 63.7 Å². The molecular weight excluding hydrogens is 422 g/mol. The Morgan fingerprint density at radius 3 is 2.60 bits per heavy atom. The molecule has 1 aliphatic carbocycles. The highest BCUT2D eigenvalue weighted by Crippen LogP contribution is 2.63. The molecule has 1 amide bonds. The number of carbonyl (C=O) groups excluding carboxylic acids is 1. The number of benzene rings is 2. The van der Waals surface area contributed by atoms with Gasteiger partial charge in [-0.3, -0.25) is 4.79 Å². The first-order valence-electron chi connectivity index (χ1n) is 9.67. The molecule has 1 N–H and O–H groups in total. The number of aliphatic hydroxyl groups is 1. The third-order valence-corrected chi connectivity index (χ3v) is 6.35. The van der Waals surface area contributed by atoms with Gasteiger partial charge in [-0.05, 0) is 61.6 Å². The van der Waals surface area contributed by atoms with E-state index in [-0.39, 0.29) is 17.9 Å². The minimum atomic E-state index is -5.15. The third-order valence-electron chi connectivity index (χ3n) is 6.12. The van der Waals surface area contributed by atoms with E-state index >= 15 is 4.39 Å². The lowest BCUT2D eigenvalue weighted by Gasteiger charge is -2.51. The van der Waals surface area contributed by atoms with Crippen molar-refractivity contribution in [1.82, 2.24) is 0 Å². The van der Waals surface area contributed by atoms with Gasteiger partial charge in [-0.25, -0.2) is 4.39 Å². The van der Waals surface area contributed by atoms with Gasteiger partial charge in [-0.15, -0.1) is 0 Å². The average Bonchev–Trinajstić information content (AvgIpc) is 2.87. The van der Waals surface area contributed by atoms with Crippen molar-refractivity contribution in [2.24, 2.45) is 0 Å². The molecule has 0 radical (unpaired) electrons. The second-order valence-corrected chi connectivity index (χ2v) is 8.48. The molecule has 1 heterocycles. The largest absolute Gasteiger partial charge is 0.425 e. The van der Waals surface area contributed by atoms with Gasteiger partial charge in [0.25, 0.3) is 0 Å². The number of aryl methyl sites for hydroxylation is 1. The molecule has 3 nitrogen and oxygen atoms in total. The van der Waals surface area contributed by atoms with Gasteiger partial charge in [-0.2, -0.15) is 13.2 Å². The lowest BCUT2D eigenvalue weighted by atomic mass is 9.61. The van der Waals surface area contributed by atoms with Crippen LogP contribution >= 0.6 is 11.6 Å². The predicted molar refractivity (Wildman–Crippen MR) is 105 cm³/mol. The van der Waals surface area contributed by atoms with Gasteiger partial charge in [0.05, 0.1) is 6.42 Å². The standard InChI is InChI=1S/C22H20ClF4NO2/c1-20(24)16-12-18-14(11-17(16)21(20,30)22(25,26)27)6-2-3-8-28(18)19(29)10-13-5-4-7-15(23)9-13/h4-5,7,9,11-12,30H,2-3,6,8,10H2,1H3. The summed E-state index contributed by atoms with van der Waals surface area (Å²) in [5, 5.41) is 10.7. The molecule has 2 aliphatic rings. The molecule has 160 valence electrons. The molecule has 0 fully saturated rings. The van der Waals surface area contributed by atoms with Crippen LogP contribution in [0, 0.1) is 0 Å². The molecule has 30 heavy (non-hydrogen) atoms. The van der Waals surface area contributed by atoms with Gasteiger partial charge < -0.3 is 10.0 Å². The lowest BCUT2D eigenvalue weighted by molar-refractivity contribution is -0.328. The van der Waals surface area contributed by atoms with Crippen LogP contribution in [0.15, 0.2) is 36.4 Å². The van der Waals surface area contributed by atoms with Crippen LogP contribution in [0.5, 0.6) is 0 Å². The molecule has 4 rings (SSSR count). The van der Waals surface area contributed by atoms with Gasteiger partial charge in [0.1, 0.15) is 0 Å². The number of carbonyl (C=O) groups is 1. The Morgan fingerprint density at radius 2 is 1.93 bits per heavy atom. The first kappa shape index (κ1) is 21.1. The van der Waals surface area contributed by atoms with Crippen LogP contribution in [0.1, 0.15) is 42.0 Å². The van der Waals surface area contributed by atoms with E-state index in [2.05, 4.69) is 0 Å². The Hall–Kier alpha value is -2.12. The summed E-state index contributed by atoms with van der Waals surface area (Å²) in [6, 6.07) is 9.38. The summed E-state index contributed by atoms with van der Waals surface area (Å²) < 4.78 is 55.5. The number of anilines is 1. The van der Waals surface area contributed by atoms with Crippen molar-refractivity contribution >= 4 is 23.2 Å². The van der Waals surface area contributed by atoms with Crippen molar-refractivity contribution in [2.75, 3.05) is 11.4 Å². The van der Waals surface area contributed by atoms with Gasteiger partial charge in [0.2, 0.25) is 11.5 Å². The summed E-state index contributed by atoms with van der Waals surface area (Å²) in [6.45, 7) is 1.11. The maximum Gasteiger partial charge on any atom is 0.425 e. The molecule has 2 unspecified atom stereocenters. The molecule has 2 atom stereocenters. The summed E-state index contributed by atoms with van der Waals surface area (Å²) in [7, 11) is 0. The van der Waals surface area contributed by atoms with Crippen LogP contribution in [-0.4, -0.2) is 23.7 Å². The fraction of sp³-hybridized carbons (Fsp3) is 0.409. The van der Waals surface area contributed by atoms with E-state index in [1.165, 1.54) is 17.0 Å². The molecule has 0 saturated heterocycles. The maximum atomic E-state index is 15.0. The van der Waals surface area contributed by atoms with Gasteiger partial charge >= 0.3 is 6.18 Å². The second kappa shape index (κ2) is 6.95. The quantitative estimate of drug-likeness (QED) is 0.651. The van der Waals surface area contributed by atoms with E-state index < -0.39 is 23.0 Å². The molecule has 0 bridgehead atoms. The van der Waals surface area contributed by atoms with Crippen LogP contribution in [0.2, 0.25) is 5.02 Å². The Labute approximate surface area is 176 Å². The SMILES string of the molecule is CC1(F)c2cc3c(cc2C1(O)C(F)(F)F)CCCCN3C(=O)Cc1cccc(Cl)c1. The molecule has 0 saturated carbocycles. The monoisotopic (exact) mass is 441 g/mol. The van der Waals surface area contributed by atoms with E-state index in [9.17, 15) is 23.1 Å². The zero-order valence-electron chi connectivity index (χ0n) is 16.2. The van der Waals surface area contributed by atoms with Crippen molar-refractivity contribution in [3.8, 4) is 0 Å². The minimum absolute atomic E-state index is 0.0659. The zero-order chi connectivity index (χ0) is 21.9. The number of nitrogens with zero attached hydrogens (tertiary/aromatic N) is 1. The molecule has 0 aromatic heterocycles. The summed E-state index contributed by atoms with van der Waals surface area (Å²) in [6.07, 6.45) is -3.30. The normalized spacial score (nSPS) is 25.8. The van der Waals surface area contributed by atoms with E-state index in [1.54, 1.807) is 24.3 Å². The summed E-state index contributed by atoms with van der Waals surface area (Å²) >= 11 is 5.98. The Balaban J connectivity index is 1.74. The first-order valence-corrected chi connectivity index (χ1v) is 10.1. The smallest absolute Gasteiger partial charge is 0.374 e. The fourth-order valence-electron chi connectivity index (χ4n) is 4.46. The highest BCUT2D eigenvalue weighted by molar-refractivity contribution is 6.30. The Kier molecular flexibility index (Phi) is 4.90. The highest BCUT2D eigenvalue weighted by Gasteiger charge is 2.74. The fourth-order valence-corrected chi connectivity index (χ4v) is 4.67. The van der Waals surface area contributed by atoms with Gasteiger partial charge in [0, 0.05) is 28.4 Å². The van der Waals surface area contributed by atoms with Crippen molar-refractivity contribution in [3.63, 3.8) is 0 Å². The summed E-state index contributed by atoms with van der Waals surface area (Å²) in [5.41, 5.74) is -5.62. The number of hydrogen-bond acceptors (Lipinski definition) is 2. The van der Waals surface area contributed by atoms with Crippen molar-refractivity contribution < 1.29 is 27.5 Å².